The zero-order chi connectivity index (χ0) is 49.6. The van der Waals surface area contributed by atoms with Gasteiger partial charge in [0.1, 0.15) is 41.6 Å². The van der Waals surface area contributed by atoms with Crippen LogP contribution in [0.3, 0.4) is 0 Å². The van der Waals surface area contributed by atoms with Crippen LogP contribution < -0.4 is 10.6 Å². The van der Waals surface area contributed by atoms with E-state index in [0.29, 0.717) is 23.4 Å². The molecule has 2 amide bonds. The minimum absolute atomic E-state index is 0.0189. The second kappa shape index (κ2) is 21.9. The molecule has 0 spiro atoms. The number of aromatic nitrogens is 3. The lowest BCUT2D eigenvalue weighted by atomic mass is 9.73. The highest BCUT2D eigenvalue weighted by Crippen LogP contribution is 2.42. The average Bonchev–Trinajstić information content (AvgIpc) is 3.58. The Bertz CT molecular complexity index is 2070. The Morgan fingerprint density at radius 2 is 1.73 bits per heavy atom. The summed E-state index contributed by atoms with van der Waals surface area (Å²) in [4.78, 5) is 85.3. The lowest BCUT2D eigenvalue weighted by Gasteiger charge is -2.48. The molecule has 0 aromatic carbocycles. The largest absolute Gasteiger partial charge is 0.461 e. The number of aliphatic hydroxyl groups is 1. The molecule has 18 heteroatoms. The van der Waals surface area contributed by atoms with Gasteiger partial charge in [-0.2, -0.15) is 0 Å². The smallest absolute Gasteiger partial charge is 0.408 e. The van der Waals surface area contributed by atoms with Gasteiger partial charge in [-0.1, -0.05) is 66.7 Å². The first kappa shape index (κ1) is 52.9. The molecule has 3 saturated heterocycles. The van der Waals surface area contributed by atoms with Gasteiger partial charge in [-0.15, -0.1) is 0 Å². The molecular formula is C49H72N6O12. The van der Waals surface area contributed by atoms with Gasteiger partial charge in [0.2, 0.25) is 0 Å². The Kier molecular flexibility index (Phi) is 17.3. The number of carbonyl (C=O) groups excluding carboxylic acids is 5. The first-order valence-corrected chi connectivity index (χ1v) is 23.3. The number of pyridine rings is 1. The highest BCUT2D eigenvalue weighted by molar-refractivity contribution is 5.85. The summed E-state index contributed by atoms with van der Waals surface area (Å²) in [7, 11) is 3.66. The monoisotopic (exact) mass is 937 g/mol. The number of Topliss-reactive ketones (excluding diaryl/α,β-unsaturated/α-hetero) is 1. The van der Waals surface area contributed by atoms with Crippen molar-refractivity contribution in [3.8, 4) is 0 Å². The zero-order valence-corrected chi connectivity index (χ0v) is 41.3. The van der Waals surface area contributed by atoms with Crippen LogP contribution in [-0.4, -0.2) is 136 Å². The number of hydrogen-bond acceptors (Lipinski definition) is 16. The van der Waals surface area contributed by atoms with Gasteiger partial charge in [0, 0.05) is 66.1 Å². The predicted molar refractivity (Wildman–Crippen MR) is 246 cm³/mol. The summed E-state index contributed by atoms with van der Waals surface area (Å²) in [6.45, 7) is 19.5. The van der Waals surface area contributed by atoms with E-state index in [1.807, 2.05) is 46.7 Å². The van der Waals surface area contributed by atoms with Crippen molar-refractivity contribution in [3.63, 3.8) is 0 Å². The van der Waals surface area contributed by atoms with Crippen molar-refractivity contribution < 1.29 is 57.5 Å². The van der Waals surface area contributed by atoms with Crippen LogP contribution in [0.25, 0.3) is 6.08 Å². The first-order valence-electron chi connectivity index (χ1n) is 23.3. The zero-order valence-electron chi connectivity index (χ0n) is 41.3. The summed E-state index contributed by atoms with van der Waals surface area (Å²) < 4.78 is 37.9. The van der Waals surface area contributed by atoms with E-state index in [1.54, 1.807) is 91.3 Å². The van der Waals surface area contributed by atoms with Gasteiger partial charge in [0.25, 0.3) is 0 Å². The Hall–Kier alpha value is -5.04. The lowest BCUT2D eigenvalue weighted by molar-refractivity contribution is -0.298. The standard InChI is InChI=1S/C49H72N6O12/c1-14-35-49(11)40(54-46(61)67-49)29(4)37(57)27(2)23-48(10,66-45(60)51-20-16-18-33-25-52-44(53-26-33)47(7,8)9)41(65-43-38(58)34(55(12)13)21-28(3)62-43)30(5)39(31(6)42(59)63-35)64-36(56)22-32-17-15-19-50-24-32/h15-19,24-31,34-35,38-41,43,58H,14,20-23H2,1-13H3,(H,51,60)(H,54,61)/t27-,28-,29+,30+,31-,34+,35-,38-,39+,40-,41-,43+,48-,49-/m1/s1. The van der Waals surface area contributed by atoms with E-state index in [4.69, 9.17) is 28.4 Å². The van der Waals surface area contributed by atoms with Crippen molar-refractivity contribution in [2.24, 2.45) is 23.7 Å². The summed E-state index contributed by atoms with van der Waals surface area (Å²) in [6, 6.07) is 2.06. The van der Waals surface area contributed by atoms with E-state index in [1.165, 1.54) is 6.20 Å². The maximum Gasteiger partial charge on any atom is 0.408 e. The van der Waals surface area contributed by atoms with Crippen LogP contribution in [0.5, 0.6) is 0 Å². The third kappa shape index (κ3) is 12.7. The second-order valence-electron chi connectivity index (χ2n) is 20.2. The third-order valence-electron chi connectivity index (χ3n) is 13.3. The average molecular weight is 937 g/mol. The fourth-order valence-corrected chi connectivity index (χ4v) is 9.69. The van der Waals surface area contributed by atoms with Crippen LogP contribution in [-0.2, 0) is 54.6 Å². The number of ether oxygens (including phenoxy) is 6. The second-order valence-corrected chi connectivity index (χ2v) is 20.2. The summed E-state index contributed by atoms with van der Waals surface area (Å²) in [5.74, 6) is -5.10. The number of likely N-dealkylation sites (N-methyl/N-ethyl adjacent to an activating group) is 1. The molecule has 0 aliphatic carbocycles. The molecule has 0 radical (unpaired) electrons. The van der Waals surface area contributed by atoms with Crippen LogP contribution in [0.4, 0.5) is 9.59 Å². The third-order valence-corrected chi connectivity index (χ3v) is 13.3. The summed E-state index contributed by atoms with van der Waals surface area (Å²) in [6.07, 6.45) is 2.02. The number of fused-ring (bicyclic) bond motifs is 1. The number of alkyl carbamates (subject to hydrolysis) is 2. The highest BCUT2D eigenvalue weighted by Gasteiger charge is 2.58. The predicted octanol–water partition coefficient (Wildman–Crippen LogP) is 5.34. The van der Waals surface area contributed by atoms with Crippen molar-refractivity contribution in [3.05, 3.63) is 59.9 Å². The van der Waals surface area contributed by atoms with Crippen LogP contribution in [0.1, 0.15) is 112 Å². The lowest BCUT2D eigenvalue weighted by Crippen LogP contribution is -2.61. The summed E-state index contributed by atoms with van der Waals surface area (Å²) in [5, 5.41) is 17.4. The molecule has 3 aliphatic heterocycles. The van der Waals surface area contributed by atoms with Crippen LogP contribution in [0.2, 0.25) is 0 Å². The van der Waals surface area contributed by atoms with Crippen molar-refractivity contribution in [1.82, 2.24) is 30.5 Å². The fourth-order valence-electron chi connectivity index (χ4n) is 9.69. The maximum absolute atomic E-state index is 14.7. The van der Waals surface area contributed by atoms with Crippen molar-refractivity contribution in [2.75, 3.05) is 20.6 Å². The van der Waals surface area contributed by atoms with Crippen molar-refractivity contribution >= 4 is 36.0 Å². The molecule has 0 unspecified atom stereocenters. The van der Waals surface area contributed by atoms with E-state index < -0.39 is 102 Å². The molecule has 2 aromatic rings. The molecule has 5 rings (SSSR count). The quantitative estimate of drug-likeness (QED) is 0.191. The molecule has 14 atom stereocenters. The number of cyclic esters (lactones) is 1. The molecule has 3 fully saturated rings. The highest BCUT2D eigenvalue weighted by atomic mass is 16.7. The number of nitrogens with one attached hydrogen (secondary N) is 2. The SMILES string of the molecule is CC[C@H]1OC(=O)[C@H](C)[C@@H](OC(=O)Cc2cccnc2)[C@H](C)[C@@H](O[C@@H]2O[C@H](C)C[C@H](N(C)C)[C@H]2O)[C@](C)(OC(=O)NCC=Cc2cnc(C(C)(C)C)nc2)C[C@@H](C)C(=O)[C@H](C)[C@H]2NC(=O)O[C@@]21C. The molecule has 0 bridgehead atoms. The Morgan fingerprint density at radius 3 is 2.34 bits per heavy atom. The molecular weight excluding hydrogens is 865 g/mol. The molecule has 2 aromatic heterocycles. The first-order chi connectivity index (χ1) is 31.4. The minimum atomic E-state index is -1.78. The molecule has 370 valence electrons. The molecule has 67 heavy (non-hydrogen) atoms. The Labute approximate surface area is 394 Å². The van der Waals surface area contributed by atoms with E-state index >= 15 is 0 Å². The van der Waals surface area contributed by atoms with E-state index in [9.17, 15) is 29.1 Å². The molecule has 3 aliphatic rings. The Morgan fingerprint density at radius 1 is 1.04 bits per heavy atom. The van der Waals surface area contributed by atoms with Crippen LogP contribution in [0.15, 0.2) is 43.0 Å². The molecule has 5 heterocycles. The number of rotatable bonds is 11. The Balaban J connectivity index is 1.61. The number of amides is 2. The van der Waals surface area contributed by atoms with Crippen LogP contribution in [0, 0.1) is 23.7 Å². The number of hydrogen-bond donors (Lipinski definition) is 3. The summed E-state index contributed by atoms with van der Waals surface area (Å²) in [5.41, 5.74) is -2.22. The van der Waals surface area contributed by atoms with E-state index in [2.05, 4.69) is 25.6 Å². The van der Waals surface area contributed by atoms with E-state index in [0.717, 1.165) is 0 Å². The topological polar surface area (TPSA) is 227 Å². The van der Waals surface area contributed by atoms with Gasteiger partial charge >= 0.3 is 24.1 Å². The fraction of sp³-hybridized carbons (Fsp3) is 0.673. The number of ketones is 1. The van der Waals surface area contributed by atoms with Gasteiger partial charge in [-0.05, 0) is 72.7 Å². The molecule has 18 nitrogen and oxygen atoms in total. The molecule has 3 N–H and O–H groups in total. The van der Waals surface area contributed by atoms with Crippen molar-refractivity contribution in [2.45, 2.75) is 167 Å². The number of esters is 2. The van der Waals surface area contributed by atoms with Gasteiger partial charge in [-0.25, -0.2) is 19.6 Å². The number of nitrogens with zero attached hydrogens (tertiary/aromatic N) is 4. The molecule has 0 saturated carbocycles. The van der Waals surface area contributed by atoms with Crippen molar-refractivity contribution in [1.29, 1.82) is 0 Å². The van der Waals surface area contributed by atoms with Gasteiger partial charge in [-0.3, -0.25) is 19.4 Å². The maximum atomic E-state index is 14.7. The summed E-state index contributed by atoms with van der Waals surface area (Å²) >= 11 is 0. The number of carbonyl (C=O) groups is 5. The minimum Gasteiger partial charge on any atom is -0.461 e. The van der Waals surface area contributed by atoms with Gasteiger partial charge < -0.3 is 49.1 Å². The van der Waals surface area contributed by atoms with Gasteiger partial charge in [0.05, 0.1) is 24.5 Å². The normalized spacial score (nSPS) is 34.3. The van der Waals surface area contributed by atoms with E-state index in [-0.39, 0.29) is 43.1 Å². The number of aliphatic hydroxyl groups excluding tert-OH is 1. The van der Waals surface area contributed by atoms with Crippen LogP contribution >= 0.6 is 0 Å². The van der Waals surface area contributed by atoms with Gasteiger partial charge in [0.15, 0.2) is 11.9 Å².